The molecule has 1 unspecified atom stereocenters. The fourth-order valence-electron chi connectivity index (χ4n) is 1.37. The number of ether oxygens (including phenoxy) is 2. The predicted octanol–water partition coefficient (Wildman–Crippen LogP) is 1.55. The van der Waals surface area contributed by atoms with Crippen molar-refractivity contribution in [3.05, 3.63) is 23.8 Å². The van der Waals surface area contributed by atoms with Crippen LogP contribution in [0, 0.1) is 0 Å². The summed E-state index contributed by atoms with van der Waals surface area (Å²) in [4.78, 5) is 10.8. The number of methoxy groups -OCH3 is 2. The molecule has 0 aliphatic heterocycles. The normalized spacial score (nSPS) is 11.9. The van der Waals surface area contributed by atoms with Crippen molar-refractivity contribution in [2.45, 2.75) is 11.7 Å². The van der Waals surface area contributed by atoms with Gasteiger partial charge in [-0.15, -0.1) is 0 Å². The molecular formula is C11H15NO3S. The molecule has 16 heavy (non-hydrogen) atoms. The van der Waals surface area contributed by atoms with Crippen LogP contribution in [0.3, 0.4) is 0 Å². The standard InChI is InChI=1S/C11H15NO3S/c1-14-8-4-3-7(5-9(8)15-2)10(16)6-11(12)13/h3-5,10,16H,6H2,1-2H3,(H2,12,13). The molecule has 1 amide bonds. The highest BCUT2D eigenvalue weighted by Gasteiger charge is 2.12. The molecular weight excluding hydrogens is 226 g/mol. The molecule has 0 saturated heterocycles. The molecule has 0 bridgehead atoms. The lowest BCUT2D eigenvalue weighted by atomic mass is 10.1. The smallest absolute Gasteiger partial charge is 0.218 e. The van der Waals surface area contributed by atoms with E-state index < -0.39 is 0 Å². The highest BCUT2D eigenvalue weighted by Crippen LogP contribution is 2.32. The van der Waals surface area contributed by atoms with Gasteiger partial charge in [0, 0.05) is 11.7 Å². The second-order valence-corrected chi connectivity index (χ2v) is 3.92. The van der Waals surface area contributed by atoms with E-state index >= 15 is 0 Å². The summed E-state index contributed by atoms with van der Waals surface area (Å²) in [6.45, 7) is 0. The number of carbonyl (C=O) groups is 1. The van der Waals surface area contributed by atoms with Crippen LogP contribution in [0.15, 0.2) is 18.2 Å². The van der Waals surface area contributed by atoms with Crippen LogP contribution in [0.5, 0.6) is 11.5 Å². The van der Waals surface area contributed by atoms with E-state index in [1.807, 2.05) is 6.07 Å². The average molecular weight is 241 g/mol. The number of thiol groups is 1. The monoisotopic (exact) mass is 241 g/mol. The molecule has 1 rings (SSSR count). The Balaban J connectivity index is 2.93. The first-order valence-electron chi connectivity index (χ1n) is 4.76. The molecule has 0 heterocycles. The lowest BCUT2D eigenvalue weighted by Gasteiger charge is -2.13. The number of carbonyl (C=O) groups excluding carboxylic acids is 1. The Kier molecular flexibility index (Phi) is 4.49. The fraction of sp³-hybridized carbons (Fsp3) is 0.364. The van der Waals surface area contributed by atoms with E-state index in [1.165, 1.54) is 0 Å². The zero-order chi connectivity index (χ0) is 12.1. The Bertz CT molecular complexity index is 381. The van der Waals surface area contributed by atoms with Crippen molar-refractivity contribution in [2.75, 3.05) is 14.2 Å². The minimum Gasteiger partial charge on any atom is -0.493 e. The highest BCUT2D eigenvalue weighted by molar-refractivity contribution is 7.80. The molecule has 5 heteroatoms. The summed E-state index contributed by atoms with van der Waals surface area (Å²) in [7, 11) is 3.13. The van der Waals surface area contributed by atoms with Crippen LogP contribution in [0.1, 0.15) is 17.2 Å². The molecule has 0 aliphatic rings. The first kappa shape index (κ1) is 12.7. The van der Waals surface area contributed by atoms with Crippen LogP contribution >= 0.6 is 12.6 Å². The maximum absolute atomic E-state index is 10.8. The lowest BCUT2D eigenvalue weighted by molar-refractivity contribution is -0.118. The van der Waals surface area contributed by atoms with Gasteiger partial charge in [0.2, 0.25) is 5.91 Å². The fourth-order valence-corrected chi connectivity index (χ4v) is 1.71. The van der Waals surface area contributed by atoms with Crippen LogP contribution < -0.4 is 15.2 Å². The van der Waals surface area contributed by atoms with Gasteiger partial charge in [-0.25, -0.2) is 0 Å². The van der Waals surface area contributed by atoms with Crippen LogP contribution in [0.4, 0.5) is 0 Å². The summed E-state index contributed by atoms with van der Waals surface area (Å²) in [5.74, 6) is 0.879. The van der Waals surface area contributed by atoms with E-state index in [-0.39, 0.29) is 17.6 Å². The number of hydrogen-bond donors (Lipinski definition) is 2. The van der Waals surface area contributed by atoms with Gasteiger partial charge in [0.15, 0.2) is 11.5 Å². The summed E-state index contributed by atoms with van der Waals surface area (Å²) in [6, 6.07) is 5.40. The maximum Gasteiger partial charge on any atom is 0.218 e. The van der Waals surface area contributed by atoms with Gasteiger partial charge in [0.05, 0.1) is 14.2 Å². The van der Waals surface area contributed by atoms with Crippen molar-refractivity contribution < 1.29 is 14.3 Å². The van der Waals surface area contributed by atoms with Gasteiger partial charge in [0.25, 0.3) is 0 Å². The van der Waals surface area contributed by atoms with E-state index in [0.29, 0.717) is 11.5 Å². The summed E-state index contributed by atoms with van der Waals surface area (Å²) >= 11 is 4.31. The van der Waals surface area contributed by atoms with Crippen molar-refractivity contribution in [3.8, 4) is 11.5 Å². The maximum atomic E-state index is 10.8. The van der Waals surface area contributed by atoms with Crippen molar-refractivity contribution in [2.24, 2.45) is 5.73 Å². The van der Waals surface area contributed by atoms with E-state index in [2.05, 4.69) is 12.6 Å². The van der Waals surface area contributed by atoms with Crippen LogP contribution in [0.25, 0.3) is 0 Å². The topological polar surface area (TPSA) is 61.5 Å². The van der Waals surface area contributed by atoms with Gasteiger partial charge in [-0.3, -0.25) is 4.79 Å². The van der Waals surface area contributed by atoms with E-state index in [1.54, 1.807) is 26.4 Å². The largest absolute Gasteiger partial charge is 0.493 e. The van der Waals surface area contributed by atoms with Gasteiger partial charge in [-0.05, 0) is 17.7 Å². The number of primary amides is 1. The van der Waals surface area contributed by atoms with Gasteiger partial charge >= 0.3 is 0 Å². The highest BCUT2D eigenvalue weighted by atomic mass is 32.1. The third kappa shape index (κ3) is 3.06. The molecule has 0 aliphatic carbocycles. The van der Waals surface area contributed by atoms with Crippen molar-refractivity contribution >= 4 is 18.5 Å². The molecule has 1 atom stereocenters. The zero-order valence-electron chi connectivity index (χ0n) is 9.27. The number of benzene rings is 1. The van der Waals surface area contributed by atoms with E-state index in [4.69, 9.17) is 15.2 Å². The second-order valence-electron chi connectivity index (χ2n) is 3.30. The molecule has 4 nitrogen and oxygen atoms in total. The van der Waals surface area contributed by atoms with Gasteiger partial charge in [0.1, 0.15) is 0 Å². The molecule has 0 radical (unpaired) electrons. The molecule has 88 valence electrons. The summed E-state index contributed by atoms with van der Waals surface area (Å²) in [6.07, 6.45) is 0.193. The Morgan fingerprint density at radius 3 is 2.50 bits per heavy atom. The van der Waals surface area contributed by atoms with Crippen LogP contribution in [0.2, 0.25) is 0 Å². The third-order valence-corrected chi connectivity index (χ3v) is 2.67. The molecule has 0 spiro atoms. The predicted molar refractivity (Wildman–Crippen MR) is 65.1 cm³/mol. The van der Waals surface area contributed by atoms with Crippen molar-refractivity contribution in [1.29, 1.82) is 0 Å². The molecule has 0 saturated carbocycles. The SMILES string of the molecule is COc1ccc(C(S)CC(N)=O)cc1OC. The Morgan fingerprint density at radius 2 is 2.00 bits per heavy atom. The van der Waals surface area contributed by atoms with E-state index in [0.717, 1.165) is 5.56 Å². The first-order chi connectivity index (χ1) is 7.58. The average Bonchev–Trinajstić information content (AvgIpc) is 2.27. The van der Waals surface area contributed by atoms with Gasteiger partial charge < -0.3 is 15.2 Å². The summed E-state index contributed by atoms with van der Waals surface area (Å²) in [5, 5.41) is -0.225. The van der Waals surface area contributed by atoms with Crippen LogP contribution in [-0.4, -0.2) is 20.1 Å². The zero-order valence-corrected chi connectivity index (χ0v) is 10.2. The minimum absolute atomic E-state index is 0.193. The number of amides is 1. The Hall–Kier alpha value is -1.36. The number of hydrogen-bond acceptors (Lipinski definition) is 4. The number of nitrogens with two attached hydrogens (primary N) is 1. The van der Waals surface area contributed by atoms with Gasteiger partial charge in [-0.1, -0.05) is 6.07 Å². The Labute approximate surface area is 100 Å². The van der Waals surface area contributed by atoms with Gasteiger partial charge in [-0.2, -0.15) is 12.6 Å². The van der Waals surface area contributed by atoms with Crippen LogP contribution in [-0.2, 0) is 4.79 Å². The summed E-state index contributed by atoms with van der Waals surface area (Å²) < 4.78 is 10.3. The first-order valence-corrected chi connectivity index (χ1v) is 5.28. The van der Waals surface area contributed by atoms with E-state index in [9.17, 15) is 4.79 Å². The summed E-state index contributed by atoms with van der Waals surface area (Å²) in [5.41, 5.74) is 5.99. The molecule has 2 N–H and O–H groups in total. The molecule has 1 aromatic rings. The molecule has 0 aromatic heterocycles. The number of rotatable bonds is 5. The lowest BCUT2D eigenvalue weighted by Crippen LogP contribution is -2.12. The molecule has 1 aromatic carbocycles. The minimum atomic E-state index is -0.380. The van der Waals surface area contributed by atoms with Crippen molar-refractivity contribution in [1.82, 2.24) is 0 Å². The van der Waals surface area contributed by atoms with Crippen molar-refractivity contribution in [3.63, 3.8) is 0 Å². The quantitative estimate of drug-likeness (QED) is 0.769. The second kappa shape index (κ2) is 5.65. The molecule has 0 fully saturated rings. The Morgan fingerprint density at radius 1 is 1.38 bits per heavy atom. The third-order valence-electron chi connectivity index (χ3n) is 2.19.